The van der Waals surface area contributed by atoms with Gasteiger partial charge in [0.25, 0.3) is 0 Å². The Labute approximate surface area is 197 Å². The van der Waals surface area contributed by atoms with E-state index in [9.17, 15) is 0 Å². The molecule has 0 aliphatic heterocycles. The molecule has 5 rings (SSSR count). The molecule has 168 valence electrons. The van der Waals surface area contributed by atoms with Gasteiger partial charge in [-0.2, -0.15) is 0 Å². The van der Waals surface area contributed by atoms with E-state index in [0.717, 1.165) is 5.75 Å². The van der Waals surface area contributed by atoms with Crippen molar-refractivity contribution in [3.8, 4) is 5.75 Å². The number of hydrogen-bond donors (Lipinski definition) is 1. The maximum Gasteiger partial charge on any atom is 0.122 e. The van der Waals surface area contributed by atoms with E-state index < -0.39 is 0 Å². The van der Waals surface area contributed by atoms with Gasteiger partial charge in [-0.1, -0.05) is 84.9 Å². The average molecular weight is 436 g/mol. The highest BCUT2D eigenvalue weighted by Crippen LogP contribution is 2.37. The molecule has 1 saturated carbocycles. The predicted molar refractivity (Wildman–Crippen MR) is 138 cm³/mol. The third kappa shape index (κ3) is 4.96. The molecule has 4 aromatic carbocycles. The van der Waals surface area contributed by atoms with Crippen molar-refractivity contribution in [3.63, 3.8) is 0 Å². The molecule has 0 aromatic heterocycles. The van der Waals surface area contributed by atoms with Gasteiger partial charge in [-0.3, -0.25) is 0 Å². The highest BCUT2D eigenvalue weighted by Gasteiger charge is 2.27. The molecule has 2 heteroatoms. The third-order valence-corrected chi connectivity index (χ3v) is 7.12. The van der Waals surface area contributed by atoms with Gasteiger partial charge >= 0.3 is 0 Å². The lowest BCUT2D eigenvalue weighted by atomic mass is 9.95. The van der Waals surface area contributed by atoms with Crippen LogP contribution in [0.4, 0.5) is 0 Å². The molecule has 0 saturated heterocycles. The van der Waals surface area contributed by atoms with Crippen molar-refractivity contribution in [1.82, 2.24) is 5.32 Å². The smallest absolute Gasteiger partial charge is 0.122 e. The van der Waals surface area contributed by atoms with Crippen LogP contribution >= 0.6 is 0 Å². The zero-order chi connectivity index (χ0) is 22.6. The molecule has 33 heavy (non-hydrogen) atoms. The number of ether oxygens (including phenoxy) is 1. The molecule has 0 amide bonds. The number of hydrogen-bond acceptors (Lipinski definition) is 2. The monoisotopic (exact) mass is 435 g/mol. The molecule has 0 unspecified atom stereocenters. The Morgan fingerprint density at radius 1 is 0.879 bits per heavy atom. The first-order valence-corrected chi connectivity index (χ1v) is 12.2. The number of aryl methyl sites for hydroxylation is 1. The molecule has 1 aliphatic carbocycles. The summed E-state index contributed by atoms with van der Waals surface area (Å²) in [5, 5.41) is 6.60. The summed E-state index contributed by atoms with van der Waals surface area (Å²) < 4.78 is 6.09. The van der Waals surface area contributed by atoms with E-state index in [1.807, 2.05) is 6.07 Å². The van der Waals surface area contributed by atoms with Crippen LogP contribution in [-0.2, 0) is 6.61 Å². The molecule has 0 bridgehead atoms. The molecule has 0 heterocycles. The summed E-state index contributed by atoms with van der Waals surface area (Å²) in [5.74, 6) is 1.60. The van der Waals surface area contributed by atoms with Crippen LogP contribution in [0, 0.1) is 6.92 Å². The number of benzene rings is 4. The van der Waals surface area contributed by atoms with Crippen LogP contribution in [0.15, 0.2) is 91.0 Å². The largest absolute Gasteiger partial charge is 0.489 e. The van der Waals surface area contributed by atoms with Gasteiger partial charge in [0.05, 0.1) is 0 Å². The van der Waals surface area contributed by atoms with Crippen LogP contribution in [0.5, 0.6) is 5.75 Å². The Hall–Kier alpha value is -3.10. The van der Waals surface area contributed by atoms with Crippen molar-refractivity contribution < 1.29 is 4.74 Å². The van der Waals surface area contributed by atoms with Gasteiger partial charge in [-0.05, 0) is 78.1 Å². The fourth-order valence-electron chi connectivity index (χ4n) is 5.33. The van der Waals surface area contributed by atoms with Crippen LogP contribution in [-0.4, -0.2) is 6.04 Å². The van der Waals surface area contributed by atoms with E-state index in [4.69, 9.17) is 4.74 Å². The maximum absolute atomic E-state index is 6.09. The molecule has 3 atom stereocenters. The van der Waals surface area contributed by atoms with E-state index in [0.29, 0.717) is 24.6 Å². The minimum absolute atomic E-state index is 0.343. The predicted octanol–water partition coefficient (Wildman–Crippen LogP) is 7.71. The normalized spacial score (nSPS) is 19.0. The van der Waals surface area contributed by atoms with Gasteiger partial charge in [-0.15, -0.1) is 0 Å². The minimum Gasteiger partial charge on any atom is -0.489 e. The van der Waals surface area contributed by atoms with E-state index >= 15 is 0 Å². The highest BCUT2D eigenvalue weighted by atomic mass is 16.5. The standard InChI is InChI=1S/C31H33NO/c1-22-19-26(16-18-31(22)33-21-24-9-4-3-5-10-24)27-15-17-28(20-27)32-23(2)29-14-8-12-25-11-6-7-13-30(25)29/h3-14,16,18-19,23,27-28,32H,15,17,20-21H2,1-2H3/t23-,27-,28+/m1/s1. The lowest BCUT2D eigenvalue weighted by Crippen LogP contribution is -2.29. The Kier molecular flexibility index (Phi) is 6.46. The summed E-state index contributed by atoms with van der Waals surface area (Å²) in [6.07, 6.45) is 3.66. The second-order valence-electron chi connectivity index (χ2n) is 9.46. The van der Waals surface area contributed by atoms with Gasteiger partial charge in [0.2, 0.25) is 0 Å². The van der Waals surface area contributed by atoms with E-state index in [-0.39, 0.29) is 0 Å². The Balaban J connectivity index is 1.21. The summed E-state index contributed by atoms with van der Waals surface area (Å²) in [7, 11) is 0. The second kappa shape index (κ2) is 9.80. The maximum atomic E-state index is 6.09. The summed E-state index contributed by atoms with van der Waals surface area (Å²) in [6.45, 7) is 5.08. The number of nitrogens with one attached hydrogen (secondary N) is 1. The topological polar surface area (TPSA) is 21.3 Å². The molecule has 0 spiro atoms. The van der Waals surface area contributed by atoms with E-state index in [1.165, 1.54) is 52.3 Å². The van der Waals surface area contributed by atoms with Crippen molar-refractivity contribution in [2.45, 2.75) is 57.7 Å². The number of fused-ring (bicyclic) bond motifs is 1. The van der Waals surface area contributed by atoms with Crippen molar-refractivity contribution in [3.05, 3.63) is 113 Å². The summed E-state index contributed by atoms with van der Waals surface area (Å²) in [5.41, 5.74) is 5.27. The zero-order valence-electron chi connectivity index (χ0n) is 19.6. The van der Waals surface area contributed by atoms with Crippen molar-refractivity contribution in [2.75, 3.05) is 0 Å². The SMILES string of the molecule is Cc1cc([C@@H]2CC[C@H](N[C@H](C)c3cccc4ccccc34)C2)ccc1OCc1ccccc1. The van der Waals surface area contributed by atoms with Crippen molar-refractivity contribution in [2.24, 2.45) is 0 Å². The first-order chi connectivity index (χ1) is 16.2. The third-order valence-electron chi connectivity index (χ3n) is 7.12. The lowest BCUT2D eigenvalue weighted by Gasteiger charge is -2.22. The van der Waals surface area contributed by atoms with Crippen LogP contribution < -0.4 is 10.1 Å². The van der Waals surface area contributed by atoms with Crippen molar-refractivity contribution in [1.29, 1.82) is 0 Å². The van der Waals surface area contributed by atoms with Crippen LogP contribution in [0.3, 0.4) is 0 Å². The molecule has 4 aromatic rings. The Morgan fingerprint density at radius 3 is 2.52 bits per heavy atom. The van der Waals surface area contributed by atoms with E-state index in [1.54, 1.807) is 0 Å². The fraction of sp³-hybridized carbons (Fsp3) is 0.290. The van der Waals surface area contributed by atoms with Crippen LogP contribution in [0.25, 0.3) is 10.8 Å². The van der Waals surface area contributed by atoms with Crippen molar-refractivity contribution >= 4 is 10.8 Å². The zero-order valence-corrected chi connectivity index (χ0v) is 19.6. The second-order valence-corrected chi connectivity index (χ2v) is 9.46. The summed E-state index contributed by atoms with van der Waals surface area (Å²) >= 11 is 0. The Morgan fingerprint density at radius 2 is 1.67 bits per heavy atom. The lowest BCUT2D eigenvalue weighted by molar-refractivity contribution is 0.304. The molecule has 2 nitrogen and oxygen atoms in total. The molecule has 0 radical (unpaired) electrons. The molecule has 1 N–H and O–H groups in total. The number of rotatable bonds is 7. The first-order valence-electron chi connectivity index (χ1n) is 12.2. The Bertz CT molecular complexity index is 1210. The van der Waals surface area contributed by atoms with Gasteiger partial charge in [0, 0.05) is 12.1 Å². The minimum atomic E-state index is 0.343. The van der Waals surface area contributed by atoms with Gasteiger partial charge in [-0.25, -0.2) is 0 Å². The van der Waals surface area contributed by atoms with E-state index in [2.05, 4.69) is 104 Å². The van der Waals surface area contributed by atoms with Crippen LogP contribution in [0.1, 0.15) is 60.4 Å². The van der Waals surface area contributed by atoms with Crippen LogP contribution in [0.2, 0.25) is 0 Å². The first kappa shape index (κ1) is 21.7. The van der Waals surface area contributed by atoms with Gasteiger partial charge in [0.1, 0.15) is 12.4 Å². The molecular weight excluding hydrogens is 402 g/mol. The fourth-order valence-corrected chi connectivity index (χ4v) is 5.33. The summed E-state index contributed by atoms with van der Waals surface area (Å²) in [4.78, 5) is 0. The molecule has 1 fully saturated rings. The molecule has 1 aliphatic rings. The average Bonchev–Trinajstić information content (AvgIpc) is 3.32. The molecular formula is C31H33NO. The van der Waals surface area contributed by atoms with Gasteiger partial charge in [0.15, 0.2) is 0 Å². The quantitative estimate of drug-likeness (QED) is 0.321. The highest BCUT2D eigenvalue weighted by molar-refractivity contribution is 5.86. The summed E-state index contributed by atoms with van der Waals surface area (Å²) in [6, 6.07) is 33.4. The van der Waals surface area contributed by atoms with Gasteiger partial charge < -0.3 is 10.1 Å².